The number of rotatable bonds is 4. The second-order valence-corrected chi connectivity index (χ2v) is 12.8. The minimum Gasteiger partial charge on any atom is -0.304 e. The Kier molecular flexibility index (Phi) is 8.24. The van der Waals surface area contributed by atoms with Crippen molar-refractivity contribution < 1.29 is 28.3 Å². The molecule has 0 amide bonds. The van der Waals surface area contributed by atoms with Gasteiger partial charge in [-0.2, -0.15) is 0 Å². The van der Waals surface area contributed by atoms with Crippen molar-refractivity contribution in [3.63, 3.8) is 0 Å². The maximum Gasteiger partial charge on any atom is 0.0280 e. The quantitative estimate of drug-likeness (QED) is 0.131. The van der Waals surface area contributed by atoms with Crippen LogP contribution in [0.5, 0.6) is 0 Å². The first kappa shape index (κ1) is 26.6. The smallest absolute Gasteiger partial charge is 0.0280 e. The molecule has 0 unspecified atom stereocenters. The zero-order valence-electron chi connectivity index (χ0n) is 33.0. The largest absolute Gasteiger partial charge is 0.304 e. The van der Waals surface area contributed by atoms with Gasteiger partial charge in [0.15, 0.2) is 0 Å². The van der Waals surface area contributed by atoms with Gasteiger partial charge in [0.2, 0.25) is 0 Å². The van der Waals surface area contributed by atoms with E-state index >= 15 is 0 Å². The van der Waals surface area contributed by atoms with Crippen molar-refractivity contribution in [3.8, 4) is 33.6 Å². The summed E-state index contributed by atoms with van der Waals surface area (Å²) in [6, 6.07) is 42.1. The minimum atomic E-state index is -2.18. The van der Waals surface area contributed by atoms with Crippen LogP contribution < -0.4 is 0 Å². The Bertz CT molecular complexity index is 2280. The van der Waals surface area contributed by atoms with Gasteiger partial charge in [0.1, 0.15) is 0 Å². The van der Waals surface area contributed by atoms with Crippen LogP contribution in [-0.2, 0) is 26.5 Å². The average molecular weight is 795 g/mol. The van der Waals surface area contributed by atoms with Crippen LogP contribution in [0, 0.1) is 38.2 Å². The molecule has 0 N–H and O–H groups in total. The first-order chi connectivity index (χ1) is 24.6. The van der Waals surface area contributed by atoms with Crippen LogP contribution in [0.15, 0.2) is 122 Å². The van der Waals surface area contributed by atoms with E-state index in [1.807, 2.05) is 12.3 Å². The van der Waals surface area contributed by atoms with E-state index in [2.05, 4.69) is 118 Å². The molecule has 0 fully saturated rings. The van der Waals surface area contributed by atoms with Crippen molar-refractivity contribution in [2.75, 3.05) is 0 Å². The Morgan fingerprint density at radius 2 is 1.40 bits per heavy atom. The number of benzene rings is 5. The Morgan fingerprint density at radius 1 is 0.681 bits per heavy atom. The number of fused-ring (bicyclic) bond motifs is 3. The van der Waals surface area contributed by atoms with Gasteiger partial charge in [-0.3, -0.25) is 0 Å². The Labute approximate surface area is 301 Å². The van der Waals surface area contributed by atoms with Gasteiger partial charge in [-0.15, -0.1) is 70.8 Å². The molecule has 5 aromatic carbocycles. The van der Waals surface area contributed by atoms with Gasteiger partial charge < -0.3 is 9.97 Å². The zero-order chi connectivity index (χ0) is 37.3. The van der Waals surface area contributed by atoms with Gasteiger partial charge in [-0.1, -0.05) is 99.9 Å². The third-order valence-electron chi connectivity index (χ3n) is 7.94. The van der Waals surface area contributed by atoms with Gasteiger partial charge in [-0.05, 0) is 81.3 Å². The van der Waals surface area contributed by atoms with E-state index in [0.29, 0.717) is 11.3 Å². The summed E-state index contributed by atoms with van der Waals surface area (Å²) >= 11 is 0. The molecule has 0 aliphatic rings. The fourth-order valence-electron chi connectivity index (χ4n) is 5.69. The molecule has 0 saturated carbocycles. The third-order valence-corrected chi connectivity index (χ3v) is 7.94. The normalized spacial score (nSPS) is 13.5. The van der Waals surface area contributed by atoms with E-state index in [-0.39, 0.29) is 36.6 Å². The molecule has 7 rings (SSSR count). The van der Waals surface area contributed by atoms with Crippen LogP contribution in [0.25, 0.3) is 55.2 Å². The molecular weight excluding hydrogens is 749 g/mol. The molecule has 2 aromatic heterocycles. The van der Waals surface area contributed by atoms with Crippen LogP contribution in [0.1, 0.15) is 51.2 Å². The van der Waals surface area contributed by atoms with Crippen LogP contribution in [0.2, 0.25) is 0 Å². The number of aromatic nitrogens is 2. The molecule has 1 radical (unpaired) electrons. The first-order valence-electron chi connectivity index (χ1n) is 18.4. The van der Waals surface area contributed by atoms with Crippen molar-refractivity contribution in [1.29, 1.82) is 0 Å². The van der Waals surface area contributed by atoms with E-state index in [9.17, 15) is 0 Å². The predicted molar refractivity (Wildman–Crippen MR) is 195 cm³/mol. The van der Waals surface area contributed by atoms with E-state index in [0.717, 1.165) is 17.7 Å². The number of hydrogen-bond acceptors (Lipinski definition) is 2. The molecule has 2 heterocycles. The van der Waals surface area contributed by atoms with Crippen molar-refractivity contribution in [3.05, 3.63) is 156 Å². The van der Waals surface area contributed by atoms with Crippen LogP contribution in [0.4, 0.5) is 0 Å². The standard InChI is InChI=1S/C31H28N.C13H12N.Ir/c1-21-20-32-30(18-25(21)19-31(2,3)4)24-12-9-11-22(16-24)29-17-23-10-5-6-13-26(23)27-14-7-8-15-28(27)29;1-10-3-6-12(7-4-10)13-8-5-11(2)9-14-13;/h5-11,13-18,20H,19H2,1-4H3;3-6,8-9H,1-2H3;/q2*-1;/i;1D3,2D3;. The molecule has 0 saturated heterocycles. The SMILES string of the molecule is Cc1cnc(-c2[c-]ccc(-c3cc4ccccc4c4ccccc34)c2)cc1CC(C)(C)C.[2H]C([2H])([2H])c1c[c-]c(-c2ccc(C([2H])([2H])[2H])cn2)cc1.[Ir]. The van der Waals surface area contributed by atoms with Crippen molar-refractivity contribution >= 4 is 21.5 Å². The Hall–Kier alpha value is -4.43. The second-order valence-electron chi connectivity index (χ2n) is 12.8. The molecule has 3 heteroatoms. The van der Waals surface area contributed by atoms with E-state index in [1.54, 1.807) is 12.1 Å². The molecule has 0 atom stereocenters. The fourth-order valence-corrected chi connectivity index (χ4v) is 5.69. The average Bonchev–Trinajstić information content (AvgIpc) is 3.11. The molecule has 0 aliphatic heterocycles. The summed E-state index contributed by atoms with van der Waals surface area (Å²) in [6.07, 6.45) is 4.33. The summed E-state index contributed by atoms with van der Waals surface area (Å²) in [6.45, 7) is 4.66. The Balaban J connectivity index is 0.000000223. The van der Waals surface area contributed by atoms with E-state index < -0.39 is 13.7 Å². The van der Waals surface area contributed by atoms with Gasteiger partial charge in [0.05, 0.1) is 0 Å². The maximum absolute atomic E-state index is 7.28. The van der Waals surface area contributed by atoms with Gasteiger partial charge >= 0.3 is 0 Å². The van der Waals surface area contributed by atoms with Gasteiger partial charge in [0.25, 0.3) is 0 Å². The van der Waals surface area contributed by atoms with E-state index in [4.69, 9.17) is 13.2 Å². The monoisotopic (exact) mass is 795 g/mol. The summed E-state index contributed by atoms with van der Waals surface area (Å²) < 4.78 is 43.6. The molecule has 7 aromatic rings. The van der Waals surface area contributed by atoms with E-state index in [1.165, 1.54) is 68.2 Å². The summed E-state index contributed by atoms with van der Waals surface area (Å²) in [5.74, 6) is 0. The molecule has 237 valence electrons. The number of pyridine rings is 2. The third kappa shape index (κ3) is 8.11. The molecular formula is C44H40IrN2-2. The van der Waals surface area contributed by atoms with Crippen molar-refractivity contribution in [2.45, 2.75) is 47.8 Å². The summed E-state index contributed by atoms with van der Waals surface area (Å²) in [7, 11) is 0. The summed E-state index contributed by atoms with van der Waals surface area (Å²) in [4.78, 5) is 8.83. The van der Waals surface area contributed by atoms with Crippen molar-refractivity contribution in [2.24, 2.45) is 5.41 Å². The molecule has 0 aliphatic carbocycles. The summed E-state index contributed by atoms with van der Waals surface area (Å²) in [5.41, 5.74) is 8.86. The topological polar surface area (TPSA) is 25.8 Å². The van der Waals surface area contributed by atoms with Gasteiger partial charge in [0, 0.05) is 40.7 Å². The fraction of sp³-hybridized carbons (Fsp3) is 0.182. The molecule has 0 bridgehead atoms. The van der Waals surface area contributed by atoms with Crippen LogP contribution in [0.3, 0.4) is 0 Å². The van der Waals surface area contributed by atoms with Crippen LogP contribution in [-0.4, -0.2) is 9.97 Å². The maximum atomic E-state index is 7.28. The molecule has 0 spiro atoms. The number of nitrogens with zero attached hydrogens (tertiary/aromatic N) is 2. The summed E-state index contributed by atoms with van der Waals surface area (Å²) in [5, 5.41) is 5.11. The molecule has 2 nitrogen and oxygen atoms in total. The van der Waals surface area contributed by atoms with Gasteiger partial charge in [-0.25, -0.2) is 0 Å². The second kappa shape index (κ2) is 14.6. The zero-order valence-corrected chi connectivity index (χ0v) is 29.4. The minimum absolute atomic E-state index is 0. The van der Waals surface area contributed by atoms with Crippen molar-refractivity contribution in [1.82, 2.24) is 9.97 Å². The molecule has 47 heavy (non-hydrogen) atoms. The Morgan fingerprint density at radius 3 is 2.11 bits per heavy atom. The number of aryl methyl sites for hydroxylation is 3. The number of hydrogen-bond donors (Lipinski definition) is 0. The van der Waals surface area contributed by atoms with Crippen LogP contribution >= 0.6 is 0 Å². The predicted octanol–water partition coefficient (Wildman–Crippen LogP) is 11.6. The first-order valence-corrected chi connectivity index (χ1v) is 15.4.